The van der Waals surface area contributed by atoms with Gasteiger partial charge >= 0.3 is 6.03 Å². The summed E-state index contributed by atoms with van der Waals surface area (Å²) in [6.45, 7) is 0. The summed E-state index contributed by atoms with van der Waals surface area (Å²) in [4.78, 5) is 17.0. The fourth-order valence-corrected chi connectivity index (χ4v) is 4.82. The highest BCUT2D eigenvalue weighted by Gasteiger charge is 2.22. The van der Waals surface area contributed by atoms with Crippen molar-refractivity contribution in [2.45, 2.75) is 14.7 Å². The number of nitrogens with zero attached hydrogens (tertiary/aromatic N) is 1. The zero-order valence-electron chi connectivity index (χ0n) is 14.1. The molecule has 0 saturated heterocycles. The lowest BCUT2D eigenvalue weighted by Crippen LogP contribution is -2.34. The van der Waals surface area contributed by atoms with E-state index < -0.39 is 16.1 Å². The van der Waals surface area contributed by atoms with E-state index in [1.807, 2.05) is 4.72 Å². The summed E-state index contributed by atoms with van der Waals surface area (Å²) >= 11 is 13.0. The molecule has 10 heteroatoms. The van der Waals surface area contributed by atoms with Crippen LogP contribution in [0.2, 0.25) is 10.0 Å². The van der Waals surface area contributed by atoms with Gasteiger partial charge in [-0.3, -0.25) is 4.98 Å². The summed E-state index contributed by atoms with van der Waals surface area (Å²) in [6.07, 6.45) is 2.66. The van der Waals surface area contributed by atoms with Crippen LogP contribution < -0.4 is 10.0 Å². The quantitative estimate of drug-likeness (QED) is 0.563. The molecule has 2 N–H and O–H groups in total. The van der Waals surface area contributed by atoms with Crippen LogP contribution in [0.5, 0.6) is 0 Å². The number of carbonyl (C=O) groups excluding carboxylic acids is 1. The van der Waals surface area contributed by atoms with Crippen LogP contribution in [0.25, 0.3) is 0 Å². The second-order valence-electron chi connectivity index (χ2n) is 5.45. The first-order chi connectivity index (χ1) is 13.3. The minimum Gasteiger partial charge on any atom is -0.307 e. The summed E-state index contributed by atoms with van der Waals surface area (Å²) in [6, 6.07) is 13.9. The molecule has 0 aliphatic carbocycles. The van der Waals surface area contributed by atoms with E-state index in [1.165, 1.54) is 24.2 Å². The molecular weight excluding hydrogens is 441 g/mol. The third kappa shape index (κ3) is 5.39. The first kappa shape index (κ1) is 20.5. The molecule has 144 valence electrons. The molecule has 0 bridgehead atoms. The number of urea groups is 1. The van der Waals surface area contributed by atoms with Crippen LogP contribution in [0.15, 0.2) is 81.7 Å². The lowest BCUT2D eigenvalue weighted by Gasteiger charge is -2.12. The van der Waals surface area contributed by atoms with Crippen molar-refractivity contribution in [3.63, 3.8) is 0 Å². The summed E-state index contributed by atoms with van der Waals surface area (Å²) < 4.78 is 27.4. The van der Waals surface area contributed by atoms with E-state index in [0.717, 1.165) is 4.90 Å². The van der Waals surface area contributed by atoms with Crippen LogP contribution in [-0.2, 0) is 10.0 Å². The van der Waals surface area contributed by atoms with E-state index in [0.29, 0.717) is 20.6 Å². The van der Waals surface area contributed by atoms with Crippen LogP contribution in [0.1, 0.15) is 0 Å². The van der Waals surface area contributed by atoms with Gasteiger partial charge in [-0.25, -0.2) is 17.9 Å². The highest BCUT2D eigenvalue weighted by atomic mass is 35.5. The van der Waals surface area contributed by atoms with Crippen molar-refractivity contribution in [2.24, 2.45) is 0 Å². The van der Waals surface area contributed by atoms with Crippen LogP contribution in [0, 0.1) is 0 Å². The van der Waals surface area contributed by atoms with E-state index >= 15 is 0 Å². The van der Waals surface area contributed by atoms with Gasteiger partial charge in [0.1, 0.15) is 4.90 Å². The van der Waals surface area contributed by atoms with Crippen molar-refractivity contribution in [3.8, 4) is 0 Å². The number of carbonyl (C=O) groups is 1. The number of anilines is 1. The third-order valence-electron chi connectivity index (χ3n) is 3.39. The Kier molecular flexibility index (Phi) is 6.46. The van der Waals surface area contributed by atoms with Gasteiger partial charge < -0.3 is 5.32 Å². The molecule has 0 spiro atoms. The number of pyridine rings is 1. The second kappa shape index (κ2) is 8.83. The number of halogens is 2. The van der Waals surface area contributed by atoms with Crippen molar-refractivity contribution >= 4 is 56.7 Å². The van der Waals surface area contributed by atoms with Crippen LogP contribution in [-0.4, -0.2) is 19.4 Å². The number of hydrogen-bond acceptors (Lipinski definition) is 5. The molecule has 0 fully saturated rings. The number of amides is 2. The number of sulfonamides is 1. The molecule has 0 aliphatic rings. The molecule has 0 unspecified atom stereocenters. The Morgan fingerprint density at radius 1 is 1.00 bits per heavy atom. The molecule has 0 atom stereocenters. The van der Waals surface area contributed by atoms with E-state index in [-0.39, 0.29) is 4.90 Å². The predicted octanol–water partition coefficient (Wildman–Crippen LogP) is 5.05. The Hall–Kier alpha value is -2.26. The summed E-state index contributed by atoms with van der Waals surface area (Å²) in [5, 5.41) is 3.47. The molecular formula is C18H13Cl2N3O3S2. The molecule has 3 rings (SSSR count). The average Bonchev–Trinajstić information content (AvgIpc) is 2.63. The highest BCUT2D eigenvalue weighted by molar-refractivity contribution is 8.00. The maximum atomic E-state index is 12.7. The standard InChI is InChI=1S/C18H13Cl2N3O3S2/c19-12-4-6-14(7-5-12)22-18(24)23-28(25,26)17-11-21-9-8-16(17)27-15-3-1-2-13(20)10-15/h1-11H,(H2,22,23,24). The molecule has 2 aromatic carbocycles. The smallest absolute Gasteiger partial charge is 0.307 e. The van der Waals surface area contributed by atoms with Gasteiger partial charge in [0.05, 0.1) is 0 Å². The molecule has 28 heavy (non-hydrogen) atoms. The molecule has 1 heterocycles. The number of nitrogens with one attached hydrogen (secondary N) is 2. The Morgan fingerprint density at radius 3 is 2.46 bits per heavy atom. The third-order valence-corrected chi connectivity index (χ3v) is 6.43. The Morgan fingerprint density at radius 2 is 1.75 bits per heavy atom. The first-order valence-corrected chi connectivity index (χ1v) is 10.9. The van der Waals surface area contributed by atoms with E-state index in [9.17, 15) is 13.2 Å². The van der Waals surface area contributed by atoms with Gasteiger partial charge in [-0.1, -0.05) is 41.0 Å². The Balaban J connectivity index is 1.79. The summed E-state index contributed by atoms with van der Waals surface area (Å²) in [5.41, 5.74) is 0.400. The van der Waals surface area contributed by atoms with Gasteiger partial charge in [-0.15, -0.1) is 0 Å². The van der Waals surface area contributed by atoms with Crippen molar-refractivity contribution in [3.05, 3.63) is 77.0 Å². The van der Waals surface area contributed by atoms with Crippen LogP contribution >= 0.6 is 35.0 Å². The normalized spacial score (nSPS) is 11.1. The fourth-order valence-electron chi connectivity index (χ4n) is 2.18. The van der Waals surface area contributed by atoms with E-state index in [1.54, 1.807) is 54.6 Å². The molecule has 0 aliphatic heterocycles. The summed E-state index contributed by atoms with van der Waals surface area (Å²) in [7, 11) is -4.15. The van der Waals surface area contributed by atoms with E-state index in [4.69, 9.17) is 23.2 Å². The van der Waals surface area contributed by atoms with Gasteiger partial charge in [0.15, 0.2) is 0 Å². The minimum absolute atomic E-state index is 0.119. The number of aromatic nitrogens is 1. The second-order valence-corrected chi connectivity index (χ2v) is 9.09. The highest BCUT2D eigenvalue weighted by Crippen LogP contribution is 2.33. The van der Waals surface area contributed by atoms with Crippen molar-refractivity contribution in [1.29, 1.82) is 0 Å². The molecule has 2 amide bonds. The first-order valence-electron chi connectivity index (χ1n) is 7.80. The van der Waals surface area contributed by atoms with Gasteiger partial charge in [0, 0.05) is 37.9 Å². The summed E-state index contributed by atoms with van der Waals surface area (Å²) in [5.74, 6) is 0. The molecule has 0 saturated carbocycles. The molecule has 0 radical (unpaired) electrons. The van der Waals surface area contributed by atoms with Crippen LogP contribution in [0.3, 0.4) is 0 Å². The SMILES string of the molecule is O=C(Nc1ccc(Cl)cc1)NS(=O)(=O)c1cnccc1Sc1cccc(Cl)c1. The van der Waals surface area contributed by atoms with Crippen molar-refractivity contribution < 1.29 is 13.2 Å². The molecule has 6 nitrogen and oxygen atoms in total. The maximum absolute atomic E-state index is 12.7. The van der Waals surface area contributed by atoms with Crippen molar-refractivity contribution in [2.75, 3.05) is 5.32 Å². The lowest BCUT2D eigenvalue weighted by molar-refractivity contribution is 0.256. The van der Waals surface area contributed by atoms with E-state index in [2.05, 4.69) is 10.3 Å². The maximum Gasteiger partial charge on any atom is 0.333 e. The fraction of sp³-hybridized carbons (Fsp3) is 0. The van der Waals surface area contributed by atoms with Gasteiger partial charge in [-0.2, -0.15) is 0 Å². The van der Waals surface area contributed by atoms with Crippen molar-refractivity contribution in [1.82, 2.24) is 9.71 Å². The number of benzene rings is 2. The van der Waals surface area contributed by atoms with Gasteiger partial charge in [0.2, 0.25) is 0 Å². The average molecular weight is 454 g/mol. The lowest BCUT2D eigenvalue weighted by atomic mass is 10.3. The van der Waals surface area contributed by atoms with Crippen LogP contribution in [0.4, 0.5) is 10.5 Å². The minimum atomic E-state index is -4.15. The largest absolute Gasteiger partial charge is 0.333 e. The molecule has 1 aromatic heterocycles. The Labute approximate surface area is 176 Å². The zero-order valence-corrected chi connectivity index (χ0v) is 17.2. The number of rotatable bonds is 5. The number of hydrogen-bond donors (Lipinski definition) is 2. The predicted molar refractivity (Wildman–Crippen MR) is 111 cm³/mol. The van der Waals surface area contributed by atoms with Gasteiger partial charge in [0.25, 0.3) is 10.0 Å². The molecule has 3 aromatic rings. The topological polar surface area (TPSA) is 88.2 Å². The Bertz CT molecular complexity index is 1110. The zero-order chi connectivity index (χ0) is 20.1. The van der Waals surface area contributed by atoms with Gasteiger partial charge in [-0.05, 0) is 48.5 Å². The monoisotopic (exact) mass is 453 g/mol.